The number of amides is 1. The number of imidazole rings is 1. The van der Waals surface area contributed by atoms with Crippen LogP contribution in [0.4, 0.5) is 5.69 Å². The Kier molecular flexibility index (Phi) is 5.52. The number of methoxy groups -OCH3 is 2. The zero-order valence-electron chi connectivity index (χ0n) is 14.7. The molecular formula is C18H19N3O4S. The predicted molar refractivity (Wildman–Crippen MR) is 99.0 cm³/mol. The number of rotatable bonds is 7. The van der Waals surface area contributed by atoms with E-state index >= 15 is 0 Å². The van der Waals surface area contributed by atoms with Crippen LogP contribution in [0.2, 0.25) is 0 Å². The summed E-state index contributed by atoms with van der Waals surface area (Å²) in [6.45, 7) is 0. The summed E-state index contributed by atoms with van der Waals surface area (Å²) in [5.74, 6) is 2.37. The van der Waals surface area contributed by atoms with Gasteiger partial charge in [0.1, 0.15) is 17.3 Å². The van der Waals surface area contributed by atoms with Crippen molar-refractivity contribution < 1.29 is 18.7 Å². The second-order valence-corrected chi connectivity index (χ2v) is 6.37. The summed E-state index contributed by atoms with van der Waals surface area (Å²) in [5, 5.41) is 3.67. The SMILES string of the molecule is COc1cc(NC(=O)c2ccc(CSc3nccn3C)o2)cc(OC)c1. The van der Waals surface area contributed by atoms with Crippen molar-refractivity contribution in [3.8, 4) is 11.5 Å². The molecule has 0 atom stereocenters. The molecule has 0 radical (unpaired) electrons. The van der Waals surface area contributed by atoms with Crippen molar-refractivity contribution in [2.24, 2.45) is 7.05 Å². The minimum absolute atomic E-state index is 0.238. The first kappa shape index (κ1) is 17.9. The van der Waals surface area contributed by atoms with Crippen LogP contribution in [0.25, 0.3) is 0 Å². The van der Waals surface area contributed by atoms with E-state index in [0.29, 0.717) is 28.7 Å². The smallest absolute Gasteiger partial charge is 0.291 e. The van der Waals surface area contributed by atoms with Gasteiger partial charge in [0.25, 0.3) is 5.91 Å². The van der Waals surface area contributed by atoms with Crippen molar-refractivity contribution in [2.45, 2.75) is 10.9 Å². The highest BCUT2D eigenvalue weighted by Gasteiger charge is 2.13. The molecule has 3 aromatic rings. The Hall–Kier alpha value is -2.87. The van der Waals surface area contributed by atoms with Gasteiger partial charge in [-0.2, -0.15) is 0 Å². The predicted octanol–water partition coefficient (Wildman–Crippen LogP) is 3.57. The van der Waals surface area contributed by atoms with Crippen LogP contribution in [-0.2, 0) is 12.8 Å². The van der Waals surface area contributed by atoms with E-state index in [1.807, 2.05) is 17.8 Å². The van der Waals surface area contributed by atoms with Gasteiger partial charge in [-0.05, 0) is 12.1 Å². The molecule has 0 saturated heterocycles. The lowest BCUT2D eigenvalue weighted by molar-refractivity contribution is 0.0995. The maximum absolute atomic E-state index is 12.4. The highest BCUT2D eigenvalue weighted by Crippen LogP contribution is 2.27. The number of ether oxygens (including phenoxy) is 2. The molecule has 7 nitrogen and oxygen atoms in total. The lowest BCUT2D eigenvalue weighted by Gasteiger charge is -2.09. The van der Waals surface area contributed by atoms with E-state index in [1.54, 1.807) is 50.7 Å². The average molecular weight is 373 g/mol. The Bertz CT molecular complexity index is 881. The maximum atomic E-state index is 12.4. The number of aromatic nitrogens is 2. The van der Waals surface area contributed by atoms with E-state index in [-0.39, 0.29) is 11.7 Å². The topological polar surface area (TPSA) is 78.5 Å². The van der Waals surface area contributed by atoms with Gasteiger partial charge < -0.3 is 23.8 Å². The highest BCUT2D eigenvalue weighted by atomic mass is 32.2. The number of furan rings is 1. The summed E-state index contributed by atoms with van der Waals surface area (Å²) in [4.78, 5) is 16.6. The molecule has 1 amide bonds. The maximum Gasteiger partial charge on any atom is 0.291 e. The second kappa shape index (κ2) is 8.01. The zero-order valence-corrected chi connectivity index (χ0v) is 15.5. The molecule has 0 saturated carbocycles. The number of thioether (sulfide) groups is 1. The van der Waals surface area contributed by atoms with Gasteiger partial charge >= 0.3 is 0 Å². The van der Waals surface area contributed by atoms with Crippen molar-refractivity contribution in [1.29, 1.82) is 0 Å². The largest absolute Gasteiger partial charge is 0.497 e. The molecule has 1 aromatic carbocycles. The fraction of sp³-hybridized carbons (Fsp3) is 0.222. The fourth-order valence-corrected chi connectivity index (χ4v) is 3.10. The van der Waals surface area contributed by atoms with Crippen molar-refractivity contribution in [3.05, 3.63) is 54.2 Å². The Labute approximate surface area is 155 Å². The van der Waals surface area contributed by atoms with Crippen molar-refractivity contribution in [1.82, 2.24) is 9.55 Å². The Morgan fingerprint density at radius 1 is 1.23 bits per heavy atom. The molecule has 8 heteroatoms. The van der Waals surface area contributed by atoms with E-state index in [9.17, 15) is 4.79 Å². The van der Waals surface area contributed by atoms with E-state index in [1.165, 1.54) is 11.8 Å². The molecule has 0 fully saturated rings. The first-order valence-electron chi connectivity index (χ1n) is 7.82. The van der Waals surface area contributed by atoms with Gasteiger partial charge in [-0.25, -0.2) is 4.98 Å². The molecule has 2 aromatic heterocycles. The van der Waals surface area contributed by atoms with Gasteiger partial charge in [0.05, 0.1) is 20.0 Å². The number of carbonyl (C=O) groups excluding carboxylic acids is 1. The van der Waals surface area contributed by atoms with Crippen LogP contribution in [0.1, 0.15) is 16.3 Å². The molecule has 2 heterocycles. The number of anilines is 1. The average Bonchev–Trinajstić information content (AvgIpc) is 3.28. The van der Waals surface area contributed by atoms with E-state index in [4.69, 9.17) is 13.9 Å². The monoisotopic (exact) mass is 373 g/mol. The van der Waals surface area contributed by atoms with Gasteiger partial charge in [-0.3, -0.25) is 4.79 Å². The van der Waals surface area contributed by atoms with Crippen LogP contribution in [0.5, 0.6) is 11.5 Å². The summed E-state index contributed by atoms with van der Waals surface area (Å²) in [7, 11) is 5.04. The summed E-state index contributed by atoms with van der Waals surface area (Å²) in [5.41, 5.74) is 0.562. The molecule has 0 aliphatic carbocycles. The molecule has 0 spiro atoms. The van der Waals surface area contributed by atoms with E-state index in [2.05, 4.69) is 10.3 Å². The molecule has 26 heavy (non-hydrogen) atoms. The number of hydrogen-bond donors (Lipinski definition) is 1. The third kappa shape index (κ3) is 4.20. The molecule has 0 aliphatic heterocycles. The molecular weight excluding hydrogens is 354 g/mol. The van der Waals surface area contributed by atoms with Crippen molar-refractivity contribution in [2.75, 3.05) is 19.5 Å². The number of nitrogens with one attached hydrogen (secondary N) is 1. The summed E-state index contributed by atoms with van der Waals surface area (Å²) in [6.07, 6.45) is 3.62. The quantitative estimate of drug-likeness (QED) is 0.638. The summed E-state index contributed by atoms with van der Waals surface area (Å²) in [6, 6.07) is 8.59. The van der Waals surface area contributed by atoms with Crippen LogP contribution in [-0.4, -0.2) is 29.7 Å². The number of aryl methyl sites for hydroxylation is 1. The Morgan fingerprint density at radius 2 is 1.96 bits per heavy atom. The molecule has 0 bridgehead atoms. The van der Waals surface area contributed by atoms with E-state index < -0.39 is 0 Å². The normalized spacial score (nSPS) is 10.6. The molecule has 0 unspecified atom stereocenters. The molecule has 1 N–H and O–H groups in total. The van der Waals surface area contributed by atoms with Gasteiger partial charge in [0.2, 0.25) is 0 Å². The third-order valence-corrected chi connectivity index (χ3v) is 4.70. The minimum Gasteiger partial charge on any atom is -0.497 e. The number of benzene rings is 1. The summed E-state index contributed by atoms with van der Waals surface area (Å²) >= 11 is 1.54. The Balaban J connectivity index is 1.65. The molecule has 136 valence electrons. The first-order valence-corrected chi connectivity index (χ1v) is 8.81. The van der Waals surface area contributed by atoms with Crippen LogP contribution in [0.15, 0.2) is 52.3 Å². The first-order chi connectivity index (χ1) is 12.6. The van der Waals surface area contributed by atoms with Crippen molar-refractivity contribution in [3.63, 3.8) is 0 Å². The lowest BCUT2D eigenvalue weighted by atomic mass is 10.2. The van der Waals surface area contributed by atoms with Crippen molar-refractivity contribution >= 4 is 23.4 Å². The third-order valence-electron chi connectivity index (χ3n) is 3.62. The van der Waals surface area contributed by atoms with Crippen LogP contribution < -0.4 is 14.8 Å². The number of carbonyl (C=O) groups is 1. The number of hydrogen-bond acceptors (Lipinski definition) is 6. The van der Waals surface area contributed by atoms with Crippen LogP contribution in [0, 0.1) is 0 Å². The highest BCUT2D eigenvalue weighted by molar-refractivity contribution is 7.98. The van der Waals surface area contributed by atoms with Gasteiger partial charge in [-0.1, -0.05) is 11.8 Å². The van der Waals surface area contributed by atoms with E-state index in [0.717, 1.165) is 5.16 Å². The zero-order chi connectivity index (χ0) is 18.5. The Morgan fingerprint density at radius 3 is 2.58 bits per heavy atom. The van der Waals surface area contributed by atoms with Crippen LogP contribution in [0.3, 0.4) is 0 Å². The van der Waals surface area contributed by atoms with Gasteiger partial charge in [0, 0.05) is 43.3 Å². The molecule has 3 rings (SSSR count). The van der Waals surface area contributed by atoms with Gasteiger partial charge in [-0.15, -0.1) is 0 Å². The second-order valence-electron chi connectivity index (χ2n) is 5.43. The fourth-order valence-electron chi connectivity index (χ4n) is 2.28. The minimum atomic E-state index is -0.339. The lowest BCUT2D eigenvalue weighted by Crippen LogP contribution is -2.11. The van der Waals surface area contributed by atoms with Gasteiger partial charge in [0.15, 0.2) is 10.9 Å². The van der Waals surface area contributed by atoms with Crippen LogP contribution >= 0.6 is 11.8 Å². The molecule has 0 aliphatic rings. The standard InChI is InChI=1S/C18H19N3O4S/c1-21-7-6-19-18(21)26-11-13-4-5-16(25-13)17(22)20-12-8-14(23-2)10-15(9-12)24-3/h4-10H,11H2,1-3H3,(H,20,22). The number of nitrogens with zero attached hydrogens (tertiary/aromatic N) is 2. The summed E-state index contributed by atoms with van der Waals surface area (Å²) < 4.78 is 18.0.